The van der Waals surface area contributed by atoms with Crippen molar-refractivity contribution in [3.8, 4) is 0 Å². The summed E-state index contributed by atoms with van der Waals surface area (Å²) in [5.41, 5.74) is 0. The molecule has 0 saturated carbocycles. The summed E-state index contributed by atoms with van der Waals surface area (Å²) < 4.78 is 4.94. The molecule has 0 aromatic heterocycles. The van der Waals surface area contributed by atoms with Gasteiger partial charge in [-0.05, 0) is 38.6 Å². The second-order valence-electron chi connectivity index (χ2n) is 7.48. The van der Waals surface area contributed by atoms with E-state index in [4.69, 9.17) is 4.74 Å². The van der Waals surface area contributed by atoms with Gasteiger partial charge in [-0.3, -0.25) is 4.79 Å². The molecule has 25 heavy (non-hydrogen) atoms. The predicted octanol–water partition coefficient (Wildman–Crippen LogP) is 5.93. The molecule has 0 aliphatic carbocycles. The number of hydrogen-bond acceptors (Lipinski definition) is 3. The minimum atomic E-state index is -0.0569. The molecule has 0 aromatic rings. The highest BCUT2D eigenvalue weighted by atomic mass is 16.5. The molecule has 1 rings (SSSR count). The second kappa shape index (κ2) is 16.6. The van der Waals surface area contributed by atoms with E-state index >= 15 is 0 Å². The van der Waals surface area contributed by atoms with Crippen molar-refractivity contribution in [2.24, 2.45) is 0 Å². The first-order chi connectivity index (χ1) is 12.3. The highest BCUT2D eigenvalue weighted by molar-refractivity contribution is 5.72. The van der Waals surface area contributed by atoms with Crippen molar-refractivity contribution in [3.63, 3.8) is 0 Å². The number of carbonyl (C=O) groups excluding carboxylic acids is 1. The summed E-state index contributed by atoms with van der Waals surface area (Å²) in [4.78, 5) is 11.0. The molecule has 3 nitrogen and oxygen atoms in total. The Bertz CT molecular complexity index is 341. The minimum Gasteiger partial charge on any atom is -0.464 e. The molecule has 146 valence electrons. The maximum absolute atomic E-state index is 11.0. The van der Waals surface area contributed by atoms with E-state index in [-0.39, 0.29) is 12.0 Å². The van der Waals surface area contributed by atoms with Crippen molar-refractivity contribution < 1.29 is 9.53 Å². The summed E-state index contributed by atoms with van der Waals surface area (Å²) in [5.74, 6) is -0.0569. The molecule has 1 unspecified atom stereocenters. The van der Waals surface area contributed by atoms with Crippen LogP contribution < -0.4 is 5.32 Å². The Labute approximate surface area is 156 Å². The fourth-order valence-electron chi connectivity index (χ4n) is 3.32. The number of allylic oxidation sites excluding steroid dienone is 2. The zero-order chi connectivity index (χ0) is 18.0. The maximum atomic E-state index is 11.0. The second-order valence-corrected chi connectivity index (χ2v) is 7.48. The molecule has 0 bridgehead atoms. The van der Waals surface area contributed by atoms with Gasteiger partial charge in [0.15, 0.2) is 0 Å². The Kier molecular flexibility index (Phi) is 14.8. The van der Waals surface area contributed by atoms with E-state index < -0.39 is 0 Å². The van der Waals surface area contributed by atoms with E-state index in [0.29, 0.717) is 13.0 Å². The quantitative estimate of drug-likeness (QED) is 0.200. The van der Waals surface area contributed by atoms with Gasteiger partial charge in [0.05, 0.1) is 12.5 Å². The average Bonchev–Trinajstić information content (AvgIpc) is 3.03. The third-order valence-corrected chi connectivity index (χ3v) is 4.98. The average molecular weight is 352 g/mol. The van der Waals surface area contributed by atoms with Gasteiger partial charge in [-0.2, -0.15) is 0 Å². The molecule has 1 atom stereocenters. The standard InChI is InChI=1S/C22H41NO2/c1-2-3-4-5-6-7-8-9-10-11-12-13-14-15-16-17-18-23-21-19-22(24)25-20-21/h9-10,21,23H,2-8,11-20H2,1H3/b10-9+. The normalized spacial score (nSPS) is 17.5. The van der Waals surface area contributed by atoms with Crippen molar-refractivity contribution in [1.29, 1.82) is 0 Å². The van der Waals surface area contributed by atoms with Crippen LogP contribution in [0.1, 0.15) is 103 Å². The van der Waals surface area contributed by atoms with E-state index in [0.717, 1.165) is 6.54 Å². The van der Waals surface area contributed by atoms with Crippen LogP contribution in [0.25, 0.3) is 0 Å². The molecule has 1 aliphatic heterocycles. The molecule has 3 heteroatoms. The molecule has 1 heterocycles. The Balaban J connectivity index is 1.71. The molecule has 0 radical (unpaired) electrons. The van der Waals surface area contributed by atoms with Gasteiger partial charge in [-0.25, -0.2) is 0 Å². The van der Waals surface area contributed by atoms with Crippen molar-refractivity contribution in [2.75, 3.05) is 13.2 Å². The van der Waals surface area contributed by atoms with E-state index in [2.05, 4.69) is 24.4 Å². The van der Waals surface area contributed by atoms with Crippen molar-refractivity contribution in [1.82, 2.24) is 5.32 Å². The van der Waals surface area contributed by atoms with Crippen LogP contribution >= 0.6 is 0 Å². The summed E-state index contributed by atoms with van der Waals surface area (Å²) in [6.07, 6.45) is 24.1. The number of unbranched alkanes of at least 4 members (excludes halogenated alkanes) is 12. The van der Waals surface area contributed by atoms with E-state index in [1.165, 1.54) is 89.9 Å². The van der Waals surface area contributed by atoms with Crippen LogP contribution in [0.3, 0.4) is 0 Å². The number of hydrogen-bond donors (Lipinski definition) is 1. The third-order valence-electron chi connectivity index (χ3n) is 4.98. The number of rotatable bonds is 17. The topological polar surface area (TPSA) is 38.3 Å². The van der Waals surface area contributed by atoms with Crippen LogP contribution in [0, 0.1) is 0 Å². The molecule has 1 N–H and O–H groups in total. The van der Waals surface area contributed by atoms with Gasteiger partial charge < -0.3 is 10.1 Å². The number of cyclic esters (lactones) is 1. The van der Waals surface area contributed by atoms with Gasteiger partial charge in [-0.1, -0.05) is 76.9 Å². The molecule has 1 aliphatic rings. The van der Waals surface area contributed by atoms with E-state index in [9.17, 15) is 4.79 Å². The highest BCUT2D eigenvalue weighted by Crippen LogP contribution is 2.10. The lowest BCUT2D eigenvalue weighted by Gasteiger charge is -2.08. The summed E-state index contributed by atoms with van der Waals surface area (Å²) in [6.45, 7) is 3.85. The van der Waals surface area contributed by atoms with Crippen LogP contribution in [0.5, 0.6) is 0 Å². The van der Waals surface area contributed by atoms with Crippen molar-refractivity contribution in [2.45, 2.75) is 109 Å². The van der Waals surface area contributed by atoms with E-state index in [1.54, 1.807) is 0 Å². The molecule has 1 fully saturated rings. The SMILES string of the molecule is CCCCCCCC/C=C/CCCCCCCCNC1COC(=O)C1. The molecular weight excluding hydrogens is 310 g/mol. The van der Waals surface area contributed by atoms with Crippen LogP contribution in [-0.4, -0.2) is 25.2 Å². The molecule has 1 saturated heterocycles. The van der Waals surface area contributed by atoms with Gasteiger partial charge in [0.25, 0.3) is 0 Å². The van der Waals surface area contributed by atoms with Gasteiger partial charge in [-0.15, -0.1) is 0 Å². The molecular formula is C22H41NO2. The molecule has 0 aromatic carbocycles. The first-order valence-electron chi connectivity index (χ1n) is 10.9. The lowest BCUT2D eigenvalue weighted by molar-refractivity contribution is -0.137. The summed E-state index contributed by atoms with van der Waals surface area (Å²) in [7, 11) is 0. The lowest BCUT2D eigenvalue weighted by atomic mass is 10.1. The Hall–Kier alpha value is -0.830. The van der Waals surface area contributed by atoms with Crippen molar-refractivity contribution >= 4 is 5.97 Å². The fraction of sp³-hybridized carbons (Fsp3) is 0.864. The first kappa shape index (κ1) is 22.2. The zero-order valence-corrected chi connectivity index (χ0v) is 16.6. The Morgan fingerprint density at radius 2 is 1.44 bits per heavy atom. The number of ether oxygens (including phenoxy) is 1. The van der Waals surface area contributed by atoms with Gasteiger partial charge in [0.1, 0.15) is 6.61 Å². The monoisotopic (exact) mass is 351 g/mol. The van der Waals surface area contributed by atoms with E-state index in [1.807, 2.05) is 0 Å². The molecule has 0 spiro atoms. The summed E-state index contributed by atoms with van der Waals surface area (Å²) in [5, 5.41) is 3.41. The maximum Gasteiger partial charge on any atom is 0.307 e. The third kappa shape index (κ3) is 14.1. The number of carbonyl (C=O) groups is 1. The van der Waals surface area contributed by atoms with Gasteiger partial charge in [0.2, 0.25) is 0 Å². The Morgan fingerprint density at radius 1 is 0.880 bits per heavy atom. The number of nitrogens with one attached hydrogen (secondary N) is 1. The lowest BCUT2D eigenvalue weighted by Crippen LogP contribution is -2.30. The minimum absolute atomic E-state index is 0.0569. The Morgan fingerprint density at radius 3 is 2.00 bits per heavy atom. The highest BCUT2D eigenvalue weighted by Gasteiger charge is 2.22. The number of esters is 1. The molecule has 0 amide bonds. The summed E-state index contributed by atoms with van der Waals surface area (Å²) in [6, 6.07) is 0.260. The van der Waals surface area contributed by atoms with Gasteiger partial charge in [0, 0.05) is 0 Å². The largest absolute Gasteiger partial charge is 0.464 e. The smallest absolute Gasteiger partial charge is 0.307 e. The predicted molar refractivity (Wildman–Crippen MR) is 107 cm³/mol. The van der Waals surface area contributed by atoms with Gasteiger partial charge >= 0.3 is 5.97 Å². The first-order valence-corrected chi connectivity index (χ1v) is 10.9. The van der Waals surface area contributed by atoms with Crippen LogP contribution in [0.4, 0.5) is 0 Å². The fourth-order valence-corrected chi connectivity index (χ4v) is 3.32. The zero-order valence-electron chi connectivity index (χ0n) is 16.6. The van der Waals surface area contributed by atoms with Crippen molar-refractivity contribution in [3.05, 3.63) is 12.2 Å². The summed E-state index contributed by atoms with van der Waals surface area (Å²) >= 11 is 0. The van der Waals surface area contributed by atoms with Crippen LogP contribution in [0.2, 0.25) is 0 Å². The van der Waals surface area contributed by atoms with Crippen LogP contribution in [0.15, 0.2) is 12.2 Å². The van der Waals surface area contributed by atoms with Crippen LogP contribution in [-0.2, 0) is 9.53 Å².